The van der Waals surface area contributed by atoms with Crippen LogP contribution in [-0.4, -0.2) is 19.1 Å². The average Bonchev–Trinajstić information content (AvgIpc) is 2.31. The van der Waals surface area contributed by atoms with Crippen LogP contribution in [0.2, 0.25) is 0 Å². The average molecular weight is 221 g/mol. The van der Waals surface area contributed by atoms with E-state index in [-0.39, 0.29) is 18.1 Å². The van der Waals surface area contributed by atoms with Crippen molar-refractivity contribution in [1.82, 2.24) is 5.32 Å². The molecule has 1 aromatic rings. The number of rotatable bonds is 5. The number of hydrogen-bond acceptors (Lipinski definition) is 3. The molecule has 0 bridgehead atoms. The third kappa shape index (κ3) is 3.35. The molecular formula is C13H19NO2. The first-order chi connectivity index (χ1) is 7.69. The Morgan fingerprint density at radius 3 is 2.50 bits per heavy atom. The van der Waals surface area contributed by atoms with Crippen molar-refractivity contribution in [3.8, 4) is 0 Å². The van der Waals surface area contributed by atoms with Gasteiger partial charge < -0.3 is 10.1 Å². The van der Waals surface area contributed by atoms with Crippen LogP contribution >= 0.6 is 0 Å². The second kappa shape index (κ2) is 6.28. The van der Waals surface area contributed by atoms with Gasteiger partial charge in [-0.2, -0.15) is 0 Å². The SMILES string of the molecule is CCC(NC)C(=O)OC(C)c1ccccc1. The Morgan fingerprint density at radius 2 is 2.00 bits per heavy atom. The Hall–Kier alpha value is -1.35. The second-order valence-electron chi connectivity index (χ2n) is 3.74. The quantitative estimate of drug-likeness (QED) is 0.775. The summed E-state index contributed by atoms with van der Waals surface area (Å²) < 4.78 is 5.38. The molecule has 0 aliphatic carbocycles. The van der Waals surface area contributed by atoms with Gasteiger partial charge in [0.05, 0.1) is 0 Å². The molecule has 16 heavy (non-hydrogen) atoms. The molecule has 0 fully saturated rings. The Kier molecular flexibility index (Phi) is 4.99. The lowest BCUT2D eigenvalue weighted by atomic mass is 10.1. The highest BCUT2D eigenvalue weighted by Gasteiger charge is 2.18. The Bertz CT molecular complexity index is 320. The molecule has 3 nitrogen and oxygen atoms in total. The summed E-state index contributed by atoms with van der Waals surface area (Å²) >= 11 is 0. The van der Waals surface area contributed by atoms with E-state index in [2.05, 4.69) is 5.32 Å². The molecular weight excluding hydrogens is 202 g/mol. The summed E-state index contributed by atoms with van der Waals surface area (Å²) in [5.74, 6) is -0.193. The van der Waals surface area contributed by atoms with Crippen molar-refractivity contribution in [2.24, 2.45) is 0 Å². The Balaban J connectivity index is 2.58. The highest BCUT2D eigenvalue weighted by molar-refractivity contribution is 5.75. The van der Waals surface area contributed by atoms with Crippen LogP contribution in [0.5, 0.6) is 0 Å². The number of benzene rings is 1. The first-order valence-electron chi connectivity index (χ1n) is 5.61. The summed E-state index contributed by atoms with van der Waals surface area (Å²) in [7, 11) is 1.77. The summed E-state index contributed by atoms with van der Waals surface area (Å²) in [6.07, 6.45) is 0.535. The summed E-state index contributed by atoms with van der Waals surface area (Å²) in [5.41, 5.74) is 1.02. The first-order valence-corrected chi connectivity index (χ1v) is 5.61. The van der Waals surface area contributed by atoms with E-state index in [1.807, 2.05) is 44.2 Å². The van der Waals surface area contributed by atoms with Gasteiger partial charge in [-0.1, -0.05) is 37.3 Å². The predicted molar refractivity (Wildman–Crippen MR) is 64.1 cm³/mol. The van der Waals surface area contributed by atoms with Crippen LogP contribution in [0.1, 0.15) is 31.9 Å². The minimum absolute atomic E-state index is 0.193. The van der Waals surface area contributed by atoms with Gasteiger partial charge in [0.15, 0.2) is 0 Å². The molecule has 0 saturated heterocycles. The van der Waals surface area contributed by atoms with E-state index in [4.69, 9.17) is 4.74 Å². The van der Waals surface area contributed by atoms with E-state index in [0.29, 0.717) is 0 Å². The number of nitrogens with one attached hydrogen (secondary N) is 1. The third-order valence-electron chi connectivity index (χ3n) is 2.60. The zero-order chi connectivity index (χ0) is 12.0. The number of carbonyl (C=O) groups is 1. The fraction of sp³-hybridized carbons (Fsp3) is 0.462. The monoisotopic (exact) mass is 221 g/mol. The Labute approximate surface area is 96.8 Å². The largest absolute Gasteiger partial charge is 0.457 e. The number of hydrogen-bond donors (Lipinski definition) is 1. The van der Waals surface area contributed by atoms with E-state index < -0.39 is 0 Å². The molecule has 3 heteroatoms. The fourth-order valence-corrected chi connectivity index (χ4v) is 1.54. The molecule has 0 spiro atoms. The first kappa shape index (κ1) is 12.7. The summed E-state index contributed by atoms with van der Waals surface area (Å²) in [4.78, 5) is 11.7. The topological polar surface area (TPSA) is 38.3 Å². The van der Waals surface area contributed by atoms with E-state index in [1.165, 1.54) is 0 Å². The molecule has 0 aliphatic rings. The predicted octanol–water partition coefficient (Wildman–Crippen LogP) is 2.29. The molecule has 1 rings (SSSR count). The second-order valence-corrected chi connectivity index (χ2v) is 3.74. The van der Waals surface area contributed by atoms with Gasteiger partial charge in [-0.05, 0) is 26.0 Å². The minimum Gasteiger partial charge on any atom is -0.457 e. The van der Waals surface area contributed by atoms with Crippen molar-refractivity contribution < 1.29 is 9.53 Å². The molecule has 0 aliphatic heterocycles. The maximum atomic E-state index is 11.7. The van der Waals surface area contributed by atoms with Crippen molar-refractivity contribution in [2.45, 2.75) is 32.4 Å². The fourth-order valence-electron chi connectivity index (χ4n) is 1.54. The summed E-state index contributed by atoms with van der Waals surface area (Å²) in [6.45, 7) is 3.84. The maximum Gasteiger partial charge on any atom is 0.323 e. The van der Waals surface area contributed by atoms with Gasteiger partial charge in [0.25, 0.3) is 0 Å². The van der Waals surface area contributed by atoms with Crippen LogP contribution in [0.4, 0.5) is 0 Å². The van der Waals surface area contributed by atoms with Crippen LogP contribution in [0.3, 0.4) is 0 Å². The third-order valence-corrected chi connectivity index (χ3v) is 2.60. The minimum atomic E-state index is -0.217. The van der Waals surface area contributed by atoms with Crippen LogP contribution in [0.25, 0.3) is 0 Å². The lowest BCUT2D eigenvalue weighted by molar-refractivity contribution is -0.151. The highest BCUT2D eigenvalue weighted by Crippen LogP contribution is 2.16. The molecule has 2 atom stereocenters. The number of ether oxygens (including phenoxy) is 1. The Morgan fingerprint density at radius 1 is 1.38 bits per heavy atom. The maximum absolute atomic E-state index is 11.7. The van der Waals surface area contributed by atoms with Gasteiger partial charge >= 0.3 is 5.97 Å². The normalized spacial score (nSPS) is 14.2. The van der Waals surface area contributed by atoms with Crippen molar-refractivity contribution >= 4 is 5.97 Å². The summed E-state index contributed by atoms with van der Waals surface area (Å²) in [6, 6.07) is 9.52. The number of carbonyl (C=O) groups excluding carboxylic acids is 1. The van der Waals surface area contributed by atoms with E-state index in [1.54, 1.807) is 7.05 Å². The van der Waals surface area contributed by atoms with Gasteiger partial charge in [-0.25, -0.2) is 0 Å². The lowest BCUT2D eigenvalue weighted by Crippen LogP contribution is -2.35. The van der Waals surface area contributed by atoms with Gasteiger partial charge in [-0.15, -0.1) is 0 Å². The molecule has 88 valence electrons. The molecule has 2 unspecified atom stereocenters. The van der Waals surface area contributed by atoms with Gasteiger partial charge in [0, 0.05) is 0 Å². The zero-order valence-electron chi connectivity index (χ0n) is 10.1. The van der Waals surface area contributed by atoms with Gasteiger partial charge in [0.1, 0.15) is 12.1 Å². The highest BCUT2D eigenvalue weighted by atomic mass is 16.5. The van der Waals surface area contributed by atoms with Crippen LogP contribution < -0.4 is 5.32 Å². The molecule has 0 radical (unpaired) electrons. The molecule has 1 N–H and O–H groups in total. The van der Waals surface area contributed by atoms with Crippen LogP contribution in [0.15, 0.2) is 30.3 Å². The van der Waals surface area contributed by atoms with Crippen molar-refractivity contribution in [1.29, 1.82) is 0 Å². The van der Waals surface area contributed by atoms with E-state index in [9.17, 15) is 4.79 Å². The molecule has 1 aromatic carbocycles. The smallest absolute Gasteiger partial charge is 0.323 e. The van der Waals surface area contributed by atoms with Crippen molar-refractivity contribution in [3.05, 3.63) is 35.9 Å². The van der Waals surface area contributed by atoms with Crippen LogP contribution in [-0.2, 0) is 9.53 Å². The van der Waals surface area contributed by atoms with E-state index in [0.717, 1.165) is 12.0 Å². The van der Waals surface area contributed by atoms with Crippen LogP contribution in [0, 0.1) is 0 Å². The number of esters is 1. The standard InChI is InChI=1S/C13H19NO2/c1-4-12(14-3)13(15)16-10(2)11-8-6-5-7-9-11/h5-10,12,14H,4H2,1-3H3. The van der Waals surface area contributed by atoms with E-state index >= 15 is 0 Å². The molecule has 0 heterocycles. The van der Waals surface area contributed by atoms with Gasteiger partial charge in [0.2, 0.25) is 0 Å². The zero-order valence-corrected chi connectivity index (χ0v) is 10.1. The lowest BCUT2D eigenvalue weighted by Gasteiger charge is -2.18. The summed E-state index contributed by atoms with van der Waals surface area (Å²) in [5, 5.41) is 2.93. The molecule has 0 aromatic heterocycles. The molecule has 0 amide bonds. The van der Waals surface area contributed by atoms with Gasteiger partial charge in [-0.3, -0.25) is 4.79 Å². The van der Waals surface area contributed by atoms with Crippen molar-refractivity contribution in [2.75, 3.05) is 7.05 Å². The number of likely N-dealkylation sites (N-methyl/N-ethyl adjacent to an activating group) is 1. The molecule has 0 saturated carbocycles. The van der Waals surface area contributed by atoms with Crippen molar-refractivity contribution in [3.63, 3.8) is 0 Å².